The van der Waals surface area contributed by atoms with Gasteiger partial charge in [-0.05, 0) is 18.6 Å². The summed E-state index contributed by atoms with van der Waals surface area (Å²) in [6, 6.07) is 8.13. The Labute approximate surface area is 155 Å². The number of nitrogens with zero attached hydrogens (tertiary/aromatic N) is 4. The van der Waals surface area contributed by atoms with Crippen LogP contribution < -0.4 is 16.3 Å². The maximum atomic E-state index is 12.5. The van der Waals surface area contributed by atoms with Crippen molar-refractivity contribution in [3.05, 3.63) is 57.6 Å². The van der Waals surface area contributed by atoms with Gasteiger partial charge in [-0.2, -0.15) is 4.68 Å². The lowest BCUT2D eigenvalue weighted by atomic mass is 9.83. The number of nitrogens with two attached hydrogens (primary N) is 1. The number of likely N-dealkylation sites (N-methyl/N-ethyl adjacent to an activating group) is 1. The van der Waals surface area contributed by atoms with Crippen molar-refractivity contribution in [2.24, 2.45) is 0 Å². The summed E-state index contributed by atoms with van der Waals surface area (Å²) in [6.45, 7) is 5.74. The third kappa shape index (κ3) is 3.01. The summed E-state index contributed by atoms with van der Waals surface area (Å²) < 4.78 is 0.926. The Morgan fingerprint density at radius 2 is 2.00 bits per heavy atom. The molecule has 0 saturated heterocycles. The van der Waals surface area contributed by atoms with E-state index in [4.69, 9.17) is 5.84 Å². The summed E-state index contributed by atoms with van der Waals surface area (Å²) >= 11 is 1.10. The molecule has 2 aromatic rings. The van der Waals surface area contributed by atoms with Gasteiger partial charge in [0, 0.05) is 29.9 Å². The fraction of sp³-hybridized carbons (Fsp3) is 0.333. The van der Waals surface area contributed by atoms with E-state index in [0.717, 1.165) is 27.8 Å². The van der Waals surface area contributed by atoms with E-state index in [0.29, 0.717) is 0 Å². The maximum Gasteiger partial charge on any atom is 0.294 e. The fourth-order valence-corrected chi connectivity index (χ4v) is 3.83. The van der Waals surface area contributed by atoms with Crippen molar-refractivity contribution in [2.75, 3.05) is 23.5 Å². The Balaban J connectivity index is 1.80. The van der Waals surface area contributed by atoms with E-state index in [-0.39, 0.29) is 27.8 Å². The van der Waals surface area contributed by atoms with Crippen LogP contribution in [0.4, 0.5) is 5.69 Å². The van der Waals surface area contributed by atoms with E-state index in [1.807, 2.05) is 30.1 Å². The molecule has 3 rings (SSSR count). The Morgan fingerprint density at radius 1 is 1.31 bits per heavy atom. The Morgan fingerprint density at radius 3 is 2.69 bits per heavy atom. The van der Waals surface area contributed by atoms with Crippen LogP contribution in [0, 0.1) is 6.92 Å². The minimum absolute atomic E-state index is 0.0763. The summed E-state index contributed by atoms with van der Waals surface area (Å²) in [4.78, 5) is 26.3. The first kappa shape index (κ1) is 18.2. The second-order valence-electron chi connectivity index (χ2n) is 6.73. The molecule has 0 amide bonds. The number of thioether (sulfide) groups is 1. The predicted octanol–water partition coefficient (Wildman–Crippen LogP) is 1.63. The second-order valence-corrected chi connectivity index (χ2v) is 7.67. The zero-order chi connectivity index (χ0) is 19.1. The van der Waals surface area contributed by atoms with Crippen LogP contribution in [0.5, 0.6) is 0 Å². The number of nitrogen functional groups attached to an aromatic ring is 1. The molecule has 0 fully saturated rings. The Hall–Kier alpha value is -2.61. The largest absolute Gasteiger partial charge is 0.347 e. The highest BCUT2D eigenvalue weighted by atomic mass is 32.2. The van der Waals surface area contributed by atoms with Gasteiger partial charge in [0.2, 0.25) is 5.16 Å². The van der Waals surface area contributed by atoms with Crippen LogP contribution in [-0.4, -0.2) is 33.5 Å². The van der Waals surface area contributed by atoms with Crippen molar-refractivity contribution < 1.29 is 4.79 Å². The monoisotopic (exact) mass is 371 g/mol. The van der Waals surface area contributed by atoms with Crippen LogP contribution in [0.15, 0.2) is 46.0 Å². The Bertz CT molecular complexity index is 964. The number of aromatic nitrogens is 3. The average Bonchev–Trinajstić information content (AvgIpc) is 2.80. The van der Waals surface area contributed by atoms with Crippen molar-refractivity contribution in [1.82, 2.24) is 14.9 Å². The summed E-state index contributed by atoms with van der Waals surface area (Å²) in [5, 5.41) is 7.87. The first-order valence-electron chi connectivity index (χ1n) is 8.16. The number of hydrogen-bond donors (Lipinski definition) is 1. The van der Waals surface area contributed by atoms with Crippen molar-refractivity contribution >= 4 is 23.2 Å². The van der Waals surface area contributed by atoms with Crippen LogP contribution in [0.2, 0.25) is 0 Å². The molecule has 136 valence electrons. The van der Waals surface area contributed by atoms with Crippen molar-refractivity contribution in [1.29, 1.82) is 0 Å². The average molecular weight is 371 g/mol. The number of aryl methyl sites for hydroxylation is 1. The van der Waals surface area contributed by atoms with Crippen LogP contribution >= 0.6 is 11.8 Å². The molecule has 1 aliphatic heterocycles. The molecule has 0 spiro atoms. The number of carbonyl (C=O) groups is 1. The van der Waals surface area contributed by atoms with E-state index < -0.39 is 5.56 Å². The number of ketones is 1. The standard InChI is InChI=1S/C18H21N5O2S/c1-11-16(25)23(19)17(21-20-11)26-10-12(24)9-15-18(2,3)13-7-5-6-8-14(13)22(15)4/h5-9H,10,19H2,1-4H3/b15-9-. The van der Waals surface area contributed by atoms with E-state index in [2.05, 4.69) is 30.1 Å². The minimum Gasteiger partial charge on any atom is -0.347 e. The lowest BCUT2D eigenvalue weighted by molar-refractivity contribution is -0.112. The van der Waals surface area contributed by atoms with Crippen LogP contribution in [0.25, 0.3) is 0 Å². The van der Waals surface area contributed by atoms with Crippen LogP contribution in [0.3, 0.4) is 0 Å². The summed E-state index contributed by atoms with van der Waals surface area (Å²) in [5.41, 5.74) is 2.77. The highest BCUT2D eigenvalue weighted by Crippen LogP contribution is 2.46. The lowest BCUT2D eigenvalue weighted by Gasteiger charge is -2.23. The molecule has 0 saturated carbocycles. The molecule has 1 aromatic carbocycles. The first-order valence-corrected chi connectivity index (χ1v) is 9.14. The van der Waals surface area contributed by atoms with Gasteiger partial charge < -0.3 is 10.7 Å². The quantitative estimate of drug-likeness (QED) is 0.496. The van der Waals surface area contributed by atoms with Crippen LogP contribution in [-0.2, 0) is 10.2 Å². The van der Waals surface area contributed by atoms with E-state index in [1.54, 1.807) is 13.0 Å². The van der Waals surface area contributed by atoms with Crippen molar-refractivity contribution in [3.8, 4) is 0 Å². The van der Waals surface area contributed by atoms with E-state index in [1.165, 1.54) is 5.56 Å². The number of rotatable bonds is 4. The van der Waals surface area contributed by atoms with Gasteiger partial charge >= 0.3 is 0 Å². The predicted molar refractivity (Wildman–Crippen MR) is 103 cm³/mol. The van der Waals surface area contributed by atoms with Gasteiger partial charge in [0.1, 0.15) is 5.69 Å². The molecule has 26 heavy (non-hydrogen) atoms. The number of allylic oxidation sites excluding steroid dienone is 2. The van der Waals surface area contributed by atoms with Gasteiger partial charge in [0.15, 0.2) is 5.78 Å². The van der Waals surface area contributed by atoms with Gasteiger partial charge in [-0.15, -0.1) is 10.2 Å². The molecular weight excluding hydrogens is 350 g/mol. The zero-order valence-corrected chi connectivity index (χ0v) is 16.0. The first-order chi connectivity index (χ1) is 12.2. The second kappa shape index (κ2) is 6.60. The van der Waals surface area contributed by atoms with Crippen LogP contribution in [0.1, 0.15) is 25.1 Å². The maximum absolute atomic E-state index is 12.5. The van der Waals surface area contributed by atoms with E-state index >= 15 is 0 Å². The third-order valence-electron chi connectivity index (χ3n) is 4.60. The van der Waals surface area contributed by atoms with Gasteiger partial charge in [-0.3, -0.25) is 9.59 Å². The summed E-state index contributed by atoms with van der Waals surface area (Å²) in [7, 11) is 1.96. The number of anilines is 1. The molecule has 0 atom stereocenters. The van der Waals surface area contributed by atoms with Gasteiger partial charge in [0.25, 0.3) is 5.56 Å². The molecule has 0 bridgehead atoms. The molecule has 2 N–H and O–H groups in total. The molecular formula is C18H21N5O2S. The lowest BCUT2D eigenvalue weighted by Crippen LogP contribution is -2.32. The molecule has 0 radical (unpaired) electrons. The number of hydrogen-bond acceptors (Lipinski definition) is 7. The normalized spacial score (nSPS) is 16.8. The topological polar surface area (TPSA) is 94.1 Å². The smallest absolute Gasteiger partial charge is 0.294 e. The number of carbonyl (C=O) groups excluding carboxylic acids is 1. The molecule has 7 nitrogen and oxygen atoms in total. The van der Waals surface area contributed by atoms with E-state index in [9.17, 15) is 9.59 Å². The van der Waals surface area contributed by atoms with Gasteiger partial charge in [-0.1, -0.05) is 43.8 Å². The SMILES string of the molecule is Cc1nnc(SCC(=O)/C=C2\N(C)c3ccccc3C2(C)C)n(N)c1=O. The fourth-order valence-electron chi connectivity index (χ4n) is 3.16. The molecule has 2 heterocycles. The number of fused-ring (bicyclic) bond motifs is 1. The molecule has 0 aliphatic carbocycles. The number of benzene rings is 1. The molecule has 0 unspecified atom stereocenters. The summed E-state index contributed by atoms with van der Waals surface area (Å²) in [6.07, 6.45) is 1.66. The van der Waals surface area contributed by atoms with Gasteiger partial charge in [-0.25, -0.2) is 0 Å². The van der Waals surface area contributed by atoms with Gasteiger partial charge in [0.05, 0.1) is 5.75 Å². The van der Waals surface area contributed by atoms with Crippen molar-refractivity contribution in [2.45, 2.75) is 31.3 Å². The number of para-hydroxylation sites is 1. The molecule has 1 aliphatic rings. The minimum atomic E-state index is -0.416. The summed E-state index contributed by atoms with van der Waals surface area (Å²) in [5.74, 6) is 5.75. The zero-order valence-electron chi connectivity index (χ0n) is 15.2. The third-order valence-corrected chi connectivity index (χ3v) is 5.57. The Kier molecular flexibility index (Phi) is 4.62. The van der Waals surface area contributed by atoms with Crippen molar-refractivity contribution in [3.63, 3.8) is 0 Å². The molecule has 1 aromatic heterocycles. The highest BCUT2D eigenvalue weighted by molar-refractivity contribution is 7.99. The molecule has 8 heteroatoms. The highest BCUT2D eigenvalue weighted by Gasteiger charge is 2.38.